The van der Waals surface area contributed by atoms with E-state index in [4.69, 9.17) is 0 Å². The van der Waals surface area contributed by atoms with Crippen molar-refractivity contribution in [2.45, 2.75) is 32.7 Å². The monoisotopic (exact) mass is 262 g/mol. The molecule has 0 bridgehead atoms. The van der Waals surface area contributed by atoms with Gasteiger partial charge in [-0.15, -0.1) is 11.3 Å². The van der Waals surface area contributed by atoms with E-state index in [1.54, 1.807) is 11.3 Å². The summed E-state index contributed by atoms with van der Waals surface area (Å²) in [6, 6.07) is 4.19. The lowest BCUT2D eigenvalue weighted by Gasteiger charge is -2.17. The summed E-state index contributed by atoms with van der Waals surface area (Å²) in [7, 11) is 0. The molecule has 2 aromatic rings. The molecular weight excluding hydrogens is 244 g/mol. The fraction of sp³-hybridized carbons (Fsp3) is 0.500. The van der Waals surface area contributed by atoms with Gasteiger partial charge >= 0.3 is 0 Å². The Balaban J connectivity index is 2.01. The second-order valence-corrected chi connectivity index (χ2v) is 5.80. The highest BCUT2D eigenvalue weighted by atomic mass is 32.1. The van der Waals surface area contributed by atoms with Crippen LogP contribution in [0.4, 0.5) is 0 Å². The molecular formula is C14H18N2OS. The Morgan fingerprint density at radius 1 is 1.39 bits per heavy atom. The molecule has 1 fully saturated rings. The topological polar surface area (TPSA) is 25.2 Å². The average Bonchev–Trinajstić information content (AvgIpc) is 3.06. The number of fused-ring (bicyclic) bond motifs is 1. The van der Waals surface area contributed by atoms with E-state index in [9.17, 15) is 4.79 Å². The summed E-state index contributed by atoms with van der Waals surface area (Å²) in [5.74, 6) is 0.212. The predicted octanol–water partition coefficient (Wildman–Crippen LogP) is 3.35. The van der Waals surface area contributed by atoms with Gasteiger partial charge in [0.1, 0.15) is 5.69 Å². The van der Waals surface area contributed by atoms with Gasteiger partial charge in [0.05, 0.1) is 10.2 Å². The predicted molar refractivity (Wildman–Crippen MR) is 75.2 cm³/mol. The normalized spacial score (nSPS) is 15.7. The van der Waals surface area contributed by atoms with Gasteiger partial charge in [0.2, 0.25) is 0 Å². The van der Waals surface area contributed by atoms with Gasteiger partial charge in [0, 0.05) is 19.6 Å². The molecule has 3 nitrogen and oxygen atoms in total. The van der Waals surface area contributed by atoms with E-state index in [-0.39, 0.29) is 5.91 Å². The molecule has 0 atom stereocenters. The number of likely N-dealkylation sites (tertiary alicyclic amines) is 1. The van der Waals surface area contributed by atoms with Gasteiger partial charge in [0.15, 0.2) is 0 Å². The van der Waals surface area contributed by atoms with Crippen LogP contribution in [-0.2, 0) is 6.54 Å². The molecule has 3 heterocycles. The maximum absolute atomic E-state index is 12.5. The van der Waals surface area contributed by atoms with E-state index < -0.39 is 0 Å². The number of rotatable bonds is 3. The van der Waals surface area contributed by atoms with E-state index in [1.165, 1.54) is 10.2 Å². The Hall–Kier alpha value is -1.29. The van der Waals surface area contributed by atoms with Crippen molar-refractivity contribution in [3.8, 4) is 0 Å². The SMILES string of the molecule is CCCn1c(C(=O)N2CCCC2)cc2sccc21. The summed E-state index contributed by atoms with van der Waals surface area (Å²) in [6.45, 7) is 4.92. The van der Waals surface area contributed by atoms with Crippen LogP contribution in [0.1, 0.15) is 36.7 Å². The number of hydrogen-bond donors (Lipinski definition) is 0. The maximum atomic E-state index is 12.5. The summed E-state index contributed by atoms with van der Waals surface area (Å²) >= 11 is 1.72. The van der Waals surface area contributed by atoms with E-state index in [0.717, 1.165) is 44.6 Å². The first-order valence-corrected chi connectivity index (χ1v) is 7.55. The van der Waals surface area contributed by atoms with Crippen molar-refractivity contribution in [3.63, 3.8) is 0 Å². The molecule has 0 aliphatic carbocycles. The number of carbonyl (C=O) groups excluding carboxylic acids is 1. The smallest absolute Gasteiger partial charge is 0.270 e. The van der Waals surface area contributed by atoms with Gasteiger partial charge in [-0.1, -0.05) is 6.92 Å². The molecule has 3 rings (SSSR count). The molecule has 4 heteroatoms. The summed E-state index contributed by atoms with van der Waals surface area (Å²) in [4.78, 5) is 14.5. The van der Waals surface area contributed by atoms with Crippen molar-refractivity contribution in [1.82, 2.24) is 9.47 Å². The number of aryl methyl sites for hydroxylation is 1. The van der Waals surface area contributed by atoms with Crippen LogP contribution in [0.15, 0.2) is 17.5 Å². The molecule has 0 spiro atoms. The van der Waals surface area contributed by atoms with Gasteiger partial charge in [-0.3, -0.25) is 4.79 Å². The molecule has 18 heavy (non-hydrogen) atoms. The molecule has 1 aliphatic heterocycles. The highest BCUT2D eigenvalue weighted by Gasteiger charge is 2.23. The second-order valence-electron chi connectivity index (χ2n) is 4.85. The maximum Gasteiger partial charge on any atom is 0.270 e. The number of hydrogen-bond acceptors (Lipinski definition) is 2. The van der Waals surface area contributed by atoms with E-state index in [2.05, 4.69) is 29.0 Å². The van der Waals surface area contributed by atoms with Crippen molar-refractivity contribution in [2.24, 2.45) is 0 Å². The lowest BCUT2D eigenvalue weighted by molar-refractivity contribution is 0.0782. The highest BCUT2D eigenvalue weighted by Crippen LogP contribution is 2.27. The zero-order valence-corrected chi connectivity index (χ0v) is 11.5. The van der Waals surface area contributed by atoms with Gasteiger partial charge < -0.3 is 9.47 Å². The molecule has 1 amide bonds. The molecule has 96 valence electrons. The summed E-state index contributed by atoms with van der Waals surface area (Å²) in [5.41, 5.74) is 2.09. The Bertz CT molecular complexity index is 563. The third-order valence-electron chi connectivity index (χ3n) is 3.58. The minimum absolute atomic E-state index is 0.212. The molecule has 0 N–H and O–H groups in total. The largest absolute Gasteiger partial charge is 0.337 e. The van der Waals surface area contributed by atoms with Crippen molar-refractivity contribution in [2.75, 3.05) is 13.1 Å². The van der Waals surface area contributed by atoms with Crippen LogP contribution in [0.5, 0.6) is 0 Å². The van der Waals surface area contributed by atoms with Crippen LogP contribution >= 0.6 is 11.3 Å². The quantitative estimate of drug-likeness (QED) is 0.832. The number of thiophene rings is 1. The van der Waals surface area contributed by atoms with Gasteiger partial charge in [-0.2, -0.15) is 0 Å². The fourth-order valence-corrected chi connectivity index (χ4v) is 3.52. The summed E-state index contributed by atoms with van der Waals surface area (Å²) in [6.07, 6.45) is 3.35. The Labute approximate surface area is 111 Å². The summed E-state index contributed by atoms with van der Waals surface area (Å²) in [5, 5.41) is 2.10. The highest BCUT2D eigenvalue weighted by molar-refractivity contribution is 7.17. The first kappa shape index (κ1) is 11.8. The number of aromatic nitrogens is 1. The lowest BCUT2D eigenvalue weighted by Crippen LogP contribution is -2.29. The third kappa shape index (κ3) is 1.85. The summed E-state index contributed by atoms with van der Waals surface area (Å²) < 4.78 is 3.41. The number of amides is 1. The molecule has 1 aliphatic rings. The van der Waals surface area contributed by atoms with Gasteiger partial charge in [0.25, 0.3) is 5.91 Å². The minimum atomic E-state index is 0.212. The first-order valence-electron chi connectivity index (χ1n) is 6.67. The van der Waals surface area contributed by atoms with Gasteiger partial charge in [-0.25, -0.2) is 0 Å². The van der Waals surface area contributed by atoms with E-state index in [0.29, 0.717) is 0 Å². The van der Waals surface area contributed by atoms with Crippen LogP contribution in [0.2, 0.25) is 0 Å². The molecule has 0 radical (unpaired) electrons. The zero-order valence-electron chi connectivity index (χ0n) is 10.7. The molecule has 0 unspecified atom stereocenters. The second kappa shape index (κ2) is 4.76. The van der Waals surface area contributed by atoms with Crippen LogP contribution in [0.25, 0.3) is 10.2 Å². The Morgan fingerprint density at radius 3 is 2.89 bits per heavy atom. The number of nitrogens with zero attached hydrogens (tertiary/aromatic N) is 2. The molecule has 0 saturated carbocycles. The van der Waals surface area contributed by atoms with E-state index in [1.807, 2.05) is 4.90 Å². The number of carbonyl (C=O) groups is 1. The lowest BCUT2D eigenvalue weighted by atomic mass is 10.3. The Morgan fingerprint density at radius 2 is 2.17 bits per heavy atom. The Kier molecular flexibility index (Phi) is 3.12. The van der Waals surface area contributed by atoms with E-state index >= 15 is 0 Å². The molecule has 2 aromatic heterocycles. The first-order chi connectivity index (χ1) is 8.81. The van der Waals surface area contributed by atoms with Gasteiger partial charge in [-0.05, 0) is 36.8 Å². The van der Waals surface area contributed by atoms with Crippen molar-refractivity contribution < 1.29 is 4.79 Å². The van der Waals surface area contributed by atoms with Crippen molar-refractivity contribution in [3.05, 3.63) is 23.2 Å². The fourth-order valence-electron chi connectivity index (χ4n) is 2.70. The molecule has 1 saturated heterocycles. The molecule has 0 aromatic carbocycles. The zero-order chi connectivity index (χ0) is 12.5. The van der Waals surface area contributed by atoms with Crippen LogP contribution < -0.4 is 0 Å². The average molecular weight is 262 g/mol. The third-order valence-corrected chi connectivity index (χ3v) is 4.44. The van der Waals surface area contributed by atoms with Crippen LogP contribution in [-0.4, -0.2) is 28.5 Å². The van der Waals surface area contributed by atoms with Crippen LogP contribution in [0, 0.1) is 0 Å². The van der Waals surface area contributed by atoms with Crippen molar-refractivity contribution in [1.29, 1.82) is 0 Å². The minimum Gasteiger partial charge on any atom is -0.337 e. The van der Waals surface area contributed by atoms with Crippen molar-refractivity contribution >= 4 is 27.5 Å². The van der Waals surface area contributed by atoms with Crippen LogP contribution in [0.3, 0.4) is 0 Å². The standard InChI is InChI=1S/C14H18N2OS/c1-2-6-16-11-5-9-18-13(11)10-12(16)14(17)15-7-3-4-8-15/h5,9-10H,2-4,6-8H2,1H3.